The molecule has 1 aromatic carbocycles. The van der Waals surface area contributed by atoms with Crippen LogP contribution in [-0.2, 0) is 0 Å². The van der Waals surface area contributed by atoms with E-state index in [0.717, 1.165) is 38.0 Å². The van der Waals surface area contributed by atoms with Gasteiger partial charge >= 0.3 is 0 Å². The highest BCUT2D eigenvalue weighted by Gasteiger charge is 2.44. The SMILES string of the molecule is CC(C)c1cc(C(=O)N2CC[C@H](c3ccccc3)[C@@H]3[C@H]2CCCCN3C)on1. The second kappa shape index (κ2) is 8.08. The first-order valence-corrected chi connectivity index (χ1v) is 10.6. The first kappa shape index (κ1) is 19.2. The molecule has 0 aliphatic carbocycles. The van der Waals surface area contributed by atoms with Crippen molar-refractivity contribution in [1.29, 1.82) is 0 Å². The zero-order chi connectivity index (χ0) is 19.7. The molecule has 1 aromatic heterocycles. The molecule has 2 fully saturated rings. The standard InChI is InChI=1S/C23H31N3O2/c1-16(2)19-15-21(28-24-19)23(27)26-14-12-18(17-9-5-4-6-10-17)22-20(26)11-7-8-13-25(22)3/h4-6,9-10,15-16,18,20,22H,7-8,11-14H2,1-3H3/t18-,20-,22-/m1/s1. The summed E-state index contributed by atoms with van der Waals surface area (Å²) in [5, 5.41) is 4.10. The summed E-state index contributed by atoms with van der Waals surface area (Å²) >= 11 is 0. The van der Waals surface area contributed by atoms with E-state index < -0.39 is 0 Å². The van der Waals surface area contributed by atoms with Crippen LogP contribution >= 0.6 is 0 Å². The first-order valence-electron chi connectivity index (χ1n) is 10.6. The lowest BCUT2D eigenvalue weighted by Crippen LogP contribution is -2.58. The number of amides is 1. The third kappa shape index (κ3) is 3.60. The van der Waals surface area contributed by atoms with Crippen molar-refractivity contribution in [2.45, 2.75) is 63.5 Å². The number of piperidine rings is 1. The van der Waals surface area contributed by atoms with Crippen molar-refractivity contribution in [3.63, 3.8) is 0 Å². The molecule has 0 radical (unpaired) electrons. The monoisotopic (exact) mass is 381 g/mol. The Hall–Kier alpha value is -2.14. The van der Waals surface area contributed by atoms with Crippen molar-refractivity contribution in [2.24, 2.45) is 0 Å². The highest BCUT2D eigenvalue weighted by atomic mass is 16.5. The Labute approximate surface area is 167 Å². The van der Waals surface area contributed by atoms with Crippen molar-refractivity contribution < 1.29 is 9.32 Å². The molecule has 1 amide bonds. The fraction of sp³-hybridized carbons (Fsp3) is 0.565. The molecule has 2 saturated heterocycles. The van der Waals surface area contributed by atoms with E-state index in [-0.39, 0.29) is 17.9 Å². The second-order valence-electron chi connectivity index (χ2n) is 8.61. The number of benzene rings is 1. The number of carbonyl (C=O) groups is 1. The number of nitrogens with zero attached hydrogens (tertiary/aromatic N) is 3. The van der Waals surface area contributed by atoms with E-state index in [9.17, 15) is 4.79 Å². The van der Waals surface area contributed by atoms with Crippen LogP contribution in [0.5, 0.6) is 0 Å². The van der Waals surface area contributed by atoms with Gasteiger partial charge in [-0.3, -0.25) is 4.79 Å². The molecule has 0 N–H and O–H groups in total. The molecule has 5 heteroatoms. The number of aromatic nitrogens is 1. The Kier molecular flexibility index (Phi) is 5.54. The van der Waals surface area contributed by atoms with Gasteiger partial charge in [-0.15, -0.1) is 0 Å². The molecule has 3 atom stereocenters. The largest absolute Gasteiger partial charge is 0.351 e. The molecule has 0 saturated carbocycles. The van der Waals surface area contributed by atoms with Crippen LogP contribution in [0.3, 0.4) is 0 Å². The van der Waals surface area contributed by atoms with Crippen LogP contribution in [0.2, 0.25) is 0 Å². The zero-order valence-corrected chi connectivity index (χ0v) is 17.2. The Morgan fingerprint density at radius 3 is 2.64 bits per heavy atom. The van der Waals surface area contributed by atoms with Gasteiger partial charge in [0, 0.05) is 30.6 Å². The van der Waals surface area contributed by atoms with Crippen LogP contribution in [0.1, 0.15) is 73.2 Å². The predicted molar refractivity (Wildman–Crippen MR) is 109 cm³/mol. The molecule has 5 nitrogen and oxygen atoms in total. The molecule has 28 heavy (non-hydrogen) atoms. The van der Waals surface area contributed by atoms with Gasteiger partial charge in [-0.25, -0.2) is 0 Å². The maximum atomic E-state index is 13.3. The predicted octanol–water partition coefficient (Wildman–Crippen LogP) is 4.28. The number of likely N-dealkylation sites (N-methyl/N-ethyl adjacent to an activating group) is 1. The summed E-state index contributed by atoms with van der Waals surface area (Å²) in [7, 11) is 2.22. The summed E-state index contributed by atoms with van der Waals surface area (Å²) in [5.41, 5.74) is 2.23. The lowest BCUT2D eigenvalue weighted by molar-refractivity contribution is 0.0287. The van der Waals surface area contributed by atoms with Crippen LogP contribution in [0, 0.1) is 0 Å². The molecule has 3 heterocycles. The van der Waals surface area contributed by atoms with Crippen LogP contribution in [-0.4, -0.2) is 53.1 Å². The van der Waals surface area contributed by atoms with Crippen molar-refractivity contribution in [2.75, 3.05) is 20.1 Å². The number of carbonyl (C=O) groups excluding carboxylic acids is 1. The average Bonchev–Trinajstić information content (AvgIpc) is 3.13. The van der Waals surface area contributed by atoms with Gasteiger partial charge in [0.1, 0.15) is 0 Å². The van der Waals surface area contributed by atoms with Gasteiger partial charge in [-0.05, 0) is 44.3 Å². The topological polar surface area (TPSA) is 49.6 Å². The molecule has 0 unspecified atom stereocenters. The van der Waals surface area contributed by atoms with Crippen molar-refractivity contribution in [3.05, 3.63) is 53.4 Å². The van der Waals surface area contributed by atoms with Gasteiger partial charge in [-0.1, -0.05) is 55.8 Å². The fourth-order valence-corrected chi connectivity index (χ4v) is 4.98. The van der Waals surface area contributed by atoms with Crippen LogP contribution in [0.15, 0.2) is 40.9 Å². The summed E-state index contributed by atoms with van der Waals surface area (Å²) in [4.78, 5) is 17.9. The third-order valence-electron chi connectivity index (χ3n) is 6.48. The number of hydrogen-bond acceptors (Lipinski definition) is 4. The summed E-state index contributed by atoms with van der Waals surface area (Å²) in [6.45, 7) is 5.99. The number of hydrogen-bond donors (Lipinski definition) is 0. The van der Waals surface area contributed by atoms with E-state index in [1.807, 2.05) is 6.07 Å². The van der Waals surface area contributed by atoms with Gasteiger partial charge in [-0.2, -0.15) is 0 Å². The van der Waals surface area contributed by atoms with Gasteiger partial charge in [0.15, 0.2) is 0 Å². The van der Waals surface area contributed by atoms with E-state index in [0.29, 0.717) is 17.7 Å². The Morgan fingerprint density at radius 1 is 1.14 bits per heavy atom. The zero-order valence-electron chi connectivity index (χ0n) is 17.2. The van der Waals surface area contributed by atoms with Gasteiger partial charge in [0.05, 0.1) is 5.69 Å². The highest BCUT2D eigenvalue weighted by Crippen LogP contribution is 2.39. The third-order valence-corrected chi connectivity index (χ3v) is 6.48. The maximum Gasteiger partial charge on any atom is 0.292 e. The molecular weight excluding hydrogens is 350 g/mol. The van der Waals surface area contributed by atoms with Crippen LogP contribution in [0.25, 0.3) is 0 Å². The van der Waals surface area contributed by atoms with Gasteiger partial charge in [0.25, 0.3) is 5.91 Å². The summed E-state index contributed by atoms with van der Waals surface area (Å²) < 4.78 is 5.44. The van der Waals surface area contributed by atoms with E-state index in [4.69, 9.17) is 4.52 Å². The molecule has 150 valence electrons. The van der Waals surface area contributed by atoms with Crippen LogP contribution < -0.4 is 0 Å². The quantitative estimate of drug-likeness (QED) is 0.796. The van der Waals surface area contributed by atoms with E-state index in [2.05, 4.69) is 66.2 Å². The van der Waals surface area contributed by atoms with Gasteiger partial charge in [0.2, 0.25) is 5.76 Å². The van der Waals surface area contributed by atoms with E-state index in [1.54, 1.807) is 0 Å². The molecular formula is C23H31N3O2. The Bertz CT molecular complexity index is 801. The fourth-order valence-electron chi connectivity index (χ4n) is 4.98. The molecule has 4 rings (SSSR count). The highest BCUT2D eigenvalue weighted by molar-refractivity contribution is 5.92. The van der Waals surface area contributed by atoms with Crippen molar-refractivity contribution in [3.8, 4) is 0 Å². The Balaban J connectivity index is 1.64. The summed E-state index contributed by atoms with van der Waals surface area (Å²) in [6.07, 6.45) is 4.37. The molecule has 0 spiro atoms. The van der Waals surface area contributed by atoms with Gasteiger partial charge < -0.3 is 14.3 Å². The van der Waals surface area contributed by atoms with Crippen molar-refractivity contribution in [1.82, 2.24) is 15.0 Å². The second-order valence-corrected chi connectivity index (χ2v) is 8.61. The lowest BCUT2D eigenvalue weighted by Gasteiger charge is -2.48. The van der Waals surface area contributed by atoms with E-state index in [1.165, 1.54) is 12.0 Å². The minimum absolute atomic E-state index is 0.00351. The first-order chi connectivity index (χ1) is 13.6. The minimum atomic E-state index is -0.00351. The number of fused-ring (bicyclic) bond motifs is 1. The lowest BCUT2D eigenvalue weighted by atomic mass is 9.79. The average molecular weight is 382 g/mol. The summed E-state index contributed by atoms with van der Waals surface area (Å²) in [5.74, 6) is 1.09. The van der Waals surface area contributed by atoms with Crippen molar-refractivity contribution >= 4 is 5.91 Å². The molecule has 2 aromatic rings. The molecule has 2 aliphatic heterocycles. The van der Waals surface area contributed by atoms with E-state index >= 15 is 0 Å². The molecule has 2 aliphatic rings. The smallest absolute Gasteiger partial charge is 0.292 e. The number of rotatable bonds is 3. The molecule has 0 bridgehead atoms. The van der Waals surface area contributed by atoms with Crippen LogP contribution in [0.4, 0.5) is 0 Å². The normalized spacial score (nSPS) is 26.1. The summed E-state index contributed by atoms with van der Waals surface area (Å²) in [6, 6.07) is 13.2. The number of likely N-dealkylation sites (tertiary alicyclic amines) is 2. The Morgan fingerprint density at radius 2 is 1.93 bits per heavy atom. The maximum absolute atomic E-state index is 13.3. The minimum Gasteiger partial charge on any atom is -0.351 e.